The number of oxazole rings is 2. The number of rotatable bonds is 9. The van der Waals surface area contributed by atoms with Crippen LogP contribution in [0.25, 0.3) is 11.1 Å². The minimum atomic E-state index is -4.61. The van der Waals surface area contributed by atoms with Crippen LogP contribution in [-0.2, 0) is 11.2 Å². The molecule has 228 valence electrons. The van der Waals surface area contributed by atoms with Crippen molar-refractivity contribution < 1.29 is 45.1 Å². The lowest BCUT2D eigenvalue weighted by atomic mass is 9.82. The van der Waals surface area contributed by atoms with E-state index in [1.165, 1.54) is 7.11 Å². The number of methoxy groups -OCH3 is 1. The van der Waals surface area contributed by atoms with Crippen LogP contribution in [-0.4, -0.2) is 65.2 Å². The number of nitrogens with zero attached hydrogens (tertiary/aromatic N) is 3. The molecule has 0 radical (unpaired) electrons. The number of aromatic nitrogens is 2. The summed E-state index contributed by atoms with van der Waals surface area (Å²) in [6, 6.07) is 0.0987. The number of aryl methyl sites for hydroxylation is 1. The third-order valence-corrected chi connectivity index (χ3v) is 7.81. The van der Waals surface area contributed by atoms with Crippen molar-refractivity contribution in [3.63, 3.8) is 0 Å². The van der Waals surface area contributed by atoms with Crippen molar-refractivity contribution in [1.82, 2.24) is 25.5 Å². The van der Waals surface area contributed by atoms with E-state index in [-0.39, 0.29) is 43.9 Å². The fourth-order valence-electron chi connectivity index (χ4n) is 5.53. The van der Waals surface area contributed by atoms with E-state index in [1.807, 2.05) is 5.32 Å². The highest BCUT2D eigenvalue weighted by Crippen LogP contribution is 2.42. The van der Waals surface area contributed by atoms with Crippen molar-refractivity contribution >= 4 is 23.0 Å². The Labute approximate surface area is 237 Å². The molecule has 2 fully saturated rings. The van der Waals surface area contributed by atoms with Gasteiger partial charge in [0.2, 0.25) is 11.8 Å². The summed E-state index contributed by atoms with van der Waals surface area (Å²) in [5, 5.41) is 4.80. The monoisotopic (exact) mass is 599 g/mol. The molecule has 2 aromatic heterocycles. The van der Waals surface area contributed by atoms with Gasteiger partial charge in [0.15, 0.2) is 17.7 Å². The smallest absolute Gasteiger partial charge is 0.410 e. The number of hydrogen-bond donors (Lipinski definition) is 2. The molecule has 10 nitrogen and oxygen atoms in total. The minimum absolute atomic E-state index is 0.0745. The Bertz CT molecular complexity index is 1430. The van der Waals surface area contributed by atoms with E-state index in [9.17, 15) is 31.5 Å². The second-order valence-corrected chi connectivity index (χ2v) is 10.6. The van der Waals surface area contributed by atoms with Crippen LogP contribution in [0.1, 0.15) is 72.4 Å². The van der Waals surface area contributed by atoms with Gasteiger partial charge in [0.05, 0.1) is 19.2 Å². The lowest BCUT2D eigenvalue weighted by Crippen LogP contribution is -2.40. The molecule has 1 aliphatic heterocycles. The number of ether oxygens (including phenoxy) is 1. The number of fused-ring (bicyclic) bond motifs is 1. The number of alkyl halides is 5. The first-order valence-corrected chi connectivity index (χ1v) is 13.5. The molecule has 1 saturated carbocycles. The van der Waals surface area contributed by atoms with Gasteiger partial charge in [0.1, 0.15) is 23.4 Å². The number of carbonyl (C=O) groups is 2. The summed E-state index contributed by atoms with van der Waals surface area (Å²) >= 11 is 0. The lowest BCUT2D eigenvalue weighted by Gasteiger charge is -2.32. The number of urea groups is 1. The zero-order valence-corrected chi connectivity index (χ0v) is 22.8. The molecule has 42 heavy (non-hydrogen) atoms. The van der Waals surface area contributed by atoms with Crippen molar-refractivity contribution in [2.24, 2.45) is 5.92 Å². The molecule has 1 aromatic carbocycles. The zero-order chi connectivity index (χ0) is 30.2. The van der Waals surface area contributed by atoms with Crippen molar-refractivity contribution in [3.05, 3.63) is 47.5 Å². The summed E-state index contributed by atoms with van der Waals surface area (Å²) in [5.74, 6) is -3.32. The summed E-state index contributed by atoms with van der Waals surface area (Å²) in [6.45, 7) is 1.11. The van der Waals surface area contributed by atoms with Crippen molar-refractivity contribution in [1.29, 1.82) is 0 Å². The van der Waals surface area contributed by atoms with Crippen LogP contribution in [0.5, 0.6) is 0 Å². The van der Waals surface area contributed by atoms with Crippen LogP contribution in [0.3, 0.4) is 0 Å². The number of benzene rings is 1. The topological polar surface area (TPSA) is 123 Å². The van der Waals surface area contributed by atoms with Crippen molar-refractivity contribution in [2.45, 2.75) is 69.3 Å². The average molecular weight is 600 g/mol. The number of amides is 3. The van der Waals surface area contributed by atoms with Crippen LogP contribution < -0.4 is 10.6 Å². The first-order chi connectivity index (χ1) is 19.9. The lowest BCUT2D eigenvalue weighted by molar-refractivity contribution is -0.150. The van der Waals surface area contributed by atoms with Gasteiger partial charge in [-0.15, -0.1) is 0 Å². The molecule has 15 heteroatoms. The van der Waals surface area contributed by atoms with E-state index in [1.54, 1.807) is 25.1 Å². The number of hydrogen-bond acceptors (Lipinski definition) is 7. The molecule has 0 spiro atoms. The Kier molecular flexibility index (Phi) is 8.14. The molecule has 0 unspecified atom stereocenters. The summed E-state index contributed by atoms with van der Waals surface area (Å²) < 4.78 is 84.3. The molecule has 3 heterocycles. The molecule has 3 amide bonds. The van der Waals surface area contributed by atoms with Gasteiger partial charge in [0, 0.05) is 26.4 Å². The fraction of sp³-hybridized carbons (Fsp3) is 0.556. The molecule has 2 N–H and O–H groups in total. The highest BCUT2D eigenvalue weighted by Gasteiger charge is 2.48. The Morgan fingerprint density at radius 2 is 2.02 bits per heavy atom. The predicted octanol–water partition coefficient (Wildman–Crippen LogP) is 5.32. The molecular formula is C27H30F5N5O5. The SMILES string of the molecule is CCc1ocnc1C(=O)N[C@H](c1nc2cc([C@@H](COC)N3C[C@@H](C(F)(F)F)NC3=O)ccc2o1)C1CCC(F)(F)CC1. The average Bonchev–Trinajstić information content (AvgIpc) is 3.68. The van der Waals surface area contributed by atoms with Crippen LogP contribution in [0, 0.1) is 5.92 Å². The number of carbonyl (C=O) groups excluding carboxylic acids is 2. The van der Waals surface area contributed by atoms with Crippen molar-refractivity contribution in [2.75, 3.05) is 20.3 Å². The standard InChI is InChI=1S/C27H30F5N5O5/c1-3-18-22(33-13-41-18)23(38)36-21(14-6-8-26(28,29)9-7-14)24-34-16-10-15(4-5-19(16)42-24)17(12-40-2)37-11-20(27(30,31)32)35-25(37)39/h4-5,10,13-14,17,20-21H,3,6-9,11-12H2,1-2H3,(H,35,39)(H,36,38)/t17-,20+,21+/m1/s1. The van der Waals surface area contributed by atoms with Crippen LogP contribution in [0.2, 0.25) is 0 Å². The van der Waals surface area contributed by atoms with E-state index in [2.05, 4.69) is 15.3 Å². The third-order valence-electron chi connectivity index (χ3n) is 7.81. The van der Waals surface area contributed by atoms with Gasteiger partial charge in [-0.05, 0) is 36.5 Å². The maximum Gasteiger partial charge on any atom is 0.410 e. The van der Waals surface area contributed by atoms with Gasteiger partial charge < -0.3 is 29.1 Å². The Morgan fingerprint density at radius 1 is 1.29 bits per heavy atom. The van der Waals surface area contributed by atoms with E-state index >= 15 is 0 Å². The Balaban J connectivity index is 1.45. The van der Waals surface area contributed by atoms with E-state index < -0.39 is 54.6 Å². The molecule has 5 rings (SSSR count). The zero-order valence-electron chi connectivity index (χ0n) is 22.8. The van der Waals surface area contributed by atoms with Gasteiger partial charge in [-0.1, -0.05) is 13.0 Å². The van der Waals surface area contributed by atoms with E-state index in [0.29, 0.717) is 28.8 Å². The largest absolute Gasteiger partial charge is 0.448 e. The summed E-state index contributed by atoms with van der Waals surface area (Å²) in [5.41, 5.74) is 1.15. The van der Waals surface area contributed by atoms with Crippen LogP contribution in [0.15, 0.2) is 33.4 Å². The molecular weight excluding hydrogens is 569 g/mol. The second kappa shape index (κ2) is 11.5. The third kappa shape index (κ3) is 6.05. The Hall–Kier alpha value is -3.75. The molecule has 1 saturated heterocycles. The fourth-order valence-corrected chi connectivity index (χ4v) is 5.53. The summed E-state index contributed by atoms with van der Waals surface area (Å²) in [7, 11) is 1.37. The van der Waals surface area contributed by atoms with Gasteiger partial charge in [-0.3, -0.25) is 4.79 Å². The molecule has 0 bridgehead atoms. The molecule has 1 aliphatic carbocycles. The van der Waals surface area contributed by atoms with Gasteiger partial charge in [-0.2, -0.15) is 13.2 Å². The first kappa shape index (κ1) is 29.7. The number of nitrogens with one attached hydrogen (secondary N) is 2. The highest BCUT2D eigenvalue weighted by molar-refractivity contribution is 5.93. The predicted molar refractivity (Wildman–Crippen MR) is 137 cm³/mol. The quantitative estimate of drug-likeness (QED) is 0.319. The first-order valence-electron chi connectivity index (χ1n) is 13.5. The van der Waals surface area contributed by atoms with Gasteiger partial charge in [0.25, 0.3) is 5.91 Å². The summed E-state index contributed by atoms with van der Waals surface area (Å²) in [4.78, 5) is 35.2. The van der Waals surface area contributed by atoms with Gasteiger partial charge in [-0.25, -0.2) is 23.5 Å². The van der Waals surface area contributed by atoms with Crippen molar-refractivity contribution in [3.8, 4) is 0 Å². The second-order valence-electron chi connectivity index (χ2n) is 10.6. The molecule has 2 aliphatic rings. The number of halogens is 5. The van der Waals surface area contributed by atoms with E-state index in [4.69, 9.17) is 13.6 Å². The maximum absolute atomic E-state index is 14.0. The van der Waals surface area contributed by atoms with Gasteiger partial charge >= 0.3 is 12.2 Å². The van der Waals surface area contributed by atoms with E-state index in [0.717, 1.165) is 11.3 Å². The normalized spacial score (nSPS) is 21.0. The Morgan fingerprint density at radius 3 is 2.67 bits per heavy atom. The summed E-state index contributed by atoms with van der Waals surface area (Å²) in [6.07, 6.45) is -3.53. The van der Waals surface area contributed by atoms with Crippen LogP contribution in [0.4, 0.5) is 26.7 Å². The highest BCUT2D eigenvalue weighted by atomic mass is 19.4. The molecule has 3 aromatic rings. The molecule has 3 atom stereocenters. The van der Waals surface area contributed by atoms with Crippen LogP contribution >= 0.6 is 0 Å². The maximum atomic E-state index is 14.0. The minimum Gasteiger partial charge on any atom is -0.448 e.